The van der Waals surface area contributed by atoms with E-state index in [1.165, 1.54) is 10.9 Å². The normalized spacial score (nSPS) is 10.5. The van der Waals surface area contributed by atoms with Crippen LogP contribution in [0.5, 0.6) is 5.75 Å². The highest BCUT2D eigenvalue weighted by Crippen LogP contribution is 2.27. The number of rotatable bonds is 4. The highest BCUT2D eigenvalue weighted by Gasteiger charge is 2.08. The van der Waals surface area contributed by atoms with Gasteiger partial charge >= 0.3 is 0 Å². The van der Waals surface area contributed by atoms with E-state index in [9.17, 15) is 0 Å². The molecule has 0 aliphatic rings. The molecule has 0 fully saturated rings. The Labute approximate surface area is 166 Å². The fourth-order valence-corrected chi connectivity index (χ4v) is 3.17. The second kappa shape index (κ2) is 8.70. The van der Waals surface area contributed by atoms with Gasteiger partial charge in [-0.2, -0.15) is 5.10 Å². The van der Waals surface area contributed by atoms with E-state index in [-0.39, 0.29) is 0 Å². The molecule has 0 saturated heterocycles. The Bertz CT molecular complexity index is 1070. The molecule has 0 radical (unpaired) electrons. The van der Waals surface area contributed by atoms with Gasteiger partial charge in [-0.05, 0) is 61.4 Å². The van der Waals surface area contributed by atoms with Crippen molar-refractivity contribution in [3.8, 4) is 17.0 Å². The minimum Gasteiger partial charge on any atom is -0.487 e. The van der Waals surface area contributed by atoms with Gasteiger partial charge in [-0.3, -0.25) is 4.68 Å². The lowest BCUT2D eigenvalue weighted by Gasteiger charge is -2.09. The smallest absolute Gasteiger partial charge is 0.132 e. The molecule has 2 heterocycles. The van der Waals surface area contributed by atoms with Crippen LogP contribution in [0.2, 0.25) is 0 Å². The highest BCUT2D eigenvalue weighted by atomic mass is 16.5. The van der Waals surface area contributed by atoms with Gasteiger partial charge in [0.15, 0.2) is 0 Å². The summed E-state index contributed by atoms with van der Waals surface area (Å²) in [6.45, 7) is 8.62. The van der Waals surface area contributed by atoms with Crippen molar-refractivity contribution in [3.63, 3.8) is 0 Å². The van der Waals surface area contributed by atoms with Crippen LogP contribution < -0.4 is 4.74 Å². The molecule has 0 atom stereocenters. The van der Waals surface area contributed by atoms with Crippen molar-refractivity contribution < 1.29 is 4.74 Å². The van der Waals surface area contributed by atoms with Gasteiger partial charge in [0.2, 0.25) is 0 Å². The third-order valence-electron chi connectivity index (χ3n) is 4.53. The van der Waals surface area contributed by atoms with E-state index in [0.29, 0.717) is 6.61 Å². The molecule has 4 rings (SSSR count). The first kappa shape index (κ1) is 19.6. The summed E-state index contributed by atoms with van der Waals surface area (Å²) in [4.78, 5) is 4.83. The van der Waals surface area contributed by atoms with Crippen LogP contribution in [0, 0.1) is 13.8 Å². The average molecular weight is 374 g/mol. The summed E-state index contributed by atoms with van der Waals surface area (Å²) in [5.74, 6) is 0.831. The van der Waals surface area contributed by atoms with Crippen LogP contribution in [0.1, 0.15) is 30.7 Å². The van der Waals surface area contributed by atoms with Crippen LogP contribution in [-0.2, 0) is 13.7 Å². The third-order valence-corrected chi connectivity index (χ3v) is 4.53. The van der Waals surface area contributed by atoms with E-state index in [1.807, 2.05) is 69.0 Å². The van der Waals surface area contributed by atoms with Gasteiger partial charge in [0.05, 0.1) is 11.2 Å². The molecule has 4 aromatic rings. The maximum Gasteiger partial charge on any atom is 0.132 e. The summed E-state index contributed by atoms with van der Waals surface area (Å²) in [5.41, 5.74) is 6.38. The monoisotopic (exact) mass is 373 g/mol. The Morgan fingerprint density at radius 2 is 1.64 bits per heavy atom. The zero-order valence-electron chi connectivity index (χ0n) is 17.2. The van der Waals surface area contributed by atoms with Crippen LogP contribution in [0.4, 0.5) is 0 Å². The van der Waals surface area contributed by atoms with Crippen LogP contribution in [0.3, 0.4) is 0 Å². The SMILES string of the molecule is CC.Cc1cn(C)nc1COc1ccc(-c2nc3ccccc3cc2C)cc1. The van der Waals surface area contributed by atoms with Gasteiger partial charge in [-0.15, -0.1) is 0 Å². The Hall–Kier alpha value is -3.14. The number of fused-ring (bicyclic) bond motifs is 1. The van der Waals surface area contributed by atoms with Gasteiger partial charge in [0, 0.05) is 24.2 Å². The van der Waals surface area contributed by atoms with Gasteiger partial charge in [0.25, 0.3) is 0 Å². The van der Waals surface area contributed by atoms with Crippen LogP contribution in [-0.4, -0.2) is 14.8 Å². The fourth-order valence-electron chi connectivity index (χ4n) is 3.17. The lowest BCUT2D eigenvalue weighted by atomic mass is 10.0. The topological polar surface area (TPSA) is 39.9 Å². The molecule has 28 heavy (non-hydrogen) atoms. The number of aromatic nitrogens is 3. The maximum absolute atomic E-state index is 5.88. The standard InChI is InChI=1S/C22H21N3O.C2H6/c1-15-12-18-6-4-5-7-20(18)23-22(15)17-8-10-19(11-9-17)26-14-21-16(2)13-25(3)24-21;1-2/h4-13H,14H2,1-3H3;1-2H3. The average Bonchev–Trinajstić information content (AvgIpc) is 3.05. The van der Waals surface area contributed by atoms with Gasteiger partial charge in [-0.25, -0.2) is 4.98 Å². The minimum absolute atomic E-state index is 0.472. The zero-order valence-corrected chi connectivity index (χ0v) is 17.2. The molecule has 4 nitrogen and oxygen atoms in total. The Morgan fingerprint density at radius 3 is 2.32 bits per heavy atom. The molecule has 0 bridgehead atoms. The van der Waals surface area contributed by atoms with E-state index in [0.717, 1.165) is 33.8 Å². The van der Waals surface area contributed by atoms with Crippen molar-refractivity contribution in [2.24, 2.45) is 7.05 Å². The summed E-state index contributed by atoms with van der Waals surface area (Å²) >= 11 is 0. The fraction of sp³-hybridized carbons (Fsp3) is 0.250. The largest absolute Gasteiger partial charge is 0.487 e. The van der Waals surface area contributed by atoms with Crippen molar-refractivity contribution in [3.05, 3.63) is 77.6 Å². The summed E-state index contributed by atoms with van der Waals surface area (Å²) in [6, 6.07) is 18.5. The number of hydrogen-bond acceptors (Lipinski definition) is 3. The van der Waals surface area contributed by atoms with Crippen molar-refractivity contribution in [2.75, 3.05) is 0 Å². The van der Waals surface area contributed by atoms with Crippen molar-refractivity contribution in [1.82, 2.24) is 14.8 Å². The molecule has 144 valence electrons. The van der Waals surface area contributed by atoms with Crippen LogP contribution in [0.25, 0.3) is 22.2 Å². The van der Waals surface area contributed by atoms with Crippen LogP contribution in [0.15, 0.2) is 60.8 Å². The molecule has 2 aromatic heterocycles. The molecule has 0 N–H and O–H groups in total. The molecule has 4 heteroatoms. The van der Waals surface area contributed by atoms with E-state index in [2.05, 4.69) is 36.3 Å². The van der Waals surface area contributed by atoms with Gasteiger partial charge in [0.1, 0.15) is 18.1 Å². The third kappa shape index (κ3) is 4.22. The second-order valence-electron chi connectivity index (χ2n) is 6.59. The maximum atomic E-state index is 5.88. The summed E-state index contributed by atoms with van der Waals surface area (Å²) < 4.78 is 7.69. The molecule has 0 spiro atoms. The molecular weight excluding hydrogens is 346 g/mol. The zero-order chi connectivity index (χ0) is 20.1. The van der Waals surface area contributed by atoms with Crippen molar-refractivity contribution >= 4 is 10.9 Å². The van der Waals surface area contributed by atoms with Gasteiger partial charge < -0.3 is 4.74 Å². The summed E-state index contributed by atoms with van der Waals surface area (Å²) in [5, 5.41) is 5.58. The number of pyridine rings is 1. The van der Waals surface area contributed by atoms with Crippen LogP contribution >= 0.6 is 0 Å². The van der Waals surface area contributed by atoms with E-state index in [4.69, 9.17) is 9.72 Å². The molecular formula is C24H27N3O. The lowest BCUT2D eigenvalue weighted by molar-refractivity contribution is 0.299. The van der Waals surface area contributed by atoms with E-state index >= 15 is 0 Å². The first-order chi connectivity index (χ1) is 13.6. The number of aryl methyl sites for hydroxylation is 3. The highest BCUT2D eigenvalue weighted by molar-refractivity contribution is 5.83. The number of para-hydroxylation sites is 1. The Morgan fingerprint density at radius 1 is 0.929 bits per heavy atom. The summed E-state index contributed by atoms with van der Waals surface area (Å²) in [6.07, 6.45) is 2.00. The Kier molecular flexibility index (Phi) is 6.09. The molecule has 0 aliphatic heterocycles. The van der Waals surface area contributed by atoms with Crippen molar-refractivity contribution in [2.45, 2.75) is 34.3 Å². The molecule has 0 unspecified atom stereocenters. The number of hydrogen-bond donors (Lipinski definition) is 0. The first-order valence-electron chi connectivity index (χ1n) is 9.69. The van der Waals surface area contributed by atoms with E-state index < -0.39 is 0 Å². The predicted octanol–water partition coefficient (Wildman–Crippen LogP) is 5.86. The van der Waals surface area contributed by atoms with Gasteiger partial charge in [-0.1, -0.05) is 32.0 Å². The van der Waals surface area contributed by atoms with Crippen molar-refractivity contribution in [1.29, 1.82) is 0 Å². The number of benzene rings is 2. The number of ether oxygens (including phenoxy) is 1. The summed E-state index contributed by atoms with van der Waals surface area (Å²) in [7, 11) is 1.92. The lowest BCUT2D eigenvalue weighted by Crippen LogP contribution is -1.99. The second-order valence-corrected chi connectivity index (χ2v) is 6.59. The molecule has 2 aromatic carbocycles. The molecule has 0 aliphatic carbocycles. The molecule has 0 saturated carbocycles. The molecule has 0 amide bonds. The quantitative estimate of drug-likeness (QED) is 0.450. The first-order valence-corrected chi connectivity index (χ1v) is 9.69. The van der Waals surface area contributed by atoms with E-state index in [1.54, 1.807) is 0 Å². The predicted molar refractivity (Wildman–Crippen MR) is 116 cm³/mol. The Balaban J connectivity index is 0.00000109. The number of nitrogens with zero attached hydrogens (tertiary/aromatic N) is 3. The minimum atomic E-state index is 0.472.